The van der Waals surface area contributed by atoms with E-state index < -0.39 is 17.2 Å². The SMILES string of the molecule is O=C(Cn1c(=O)n(Cc2ccc(C(=O)NCc3ccco3)cc2)c(=O)c2sccc21)Nc1cccc(Cl)c1. The molecule has 0 fully saturated rings. The molecule has 11 heteroatoms. The number of furan rings is 1. The van der Waals surface area contributed by atoms with Crippen LogP contribution in [0.5, 0.6) is 0 Å². The van der Waals surface area contributed by atoms with Crippen molar-refractivity contribution in [2.75, 3.05) is 5.32 Å². The highest BCUT2D eigenvalue weighted by Gasteiger charge is 2.17. The average molecular weight is 549 g/mol. The fraction of sp³-hybridized carbons (Fsp3) is 0.111. The second-order valence-electron chi connectivity index (χ2n) is 8.41. The van der Waals surface area contributed by atoms with Crippen molar-refractivity contribution in [3.8, 4) is 0 Å². The number of nitrogens with one attached hydrogen (secondary N) is 2. The second kappa shape index (κ2) is 10.9. The van der Waals surface area contributed by atoms with Gasteiger partial charge in [0.15, 0.2) is 0 Å². The highest BCUT2D eigenvalue weighted by Crippen LogP contribution is 2.17. The summed E-state index contributed by atoms with van der Waals surface area (Å²) in [5.41, 5.74) is 0.924. The molecule has 2 N–H and O–H groups in total. The molecule has 9 nitrogen and oxygen atoms in total. The quantitative estimate of drug-likeness (QED) is 0.303. The van der Waals surface area contributed by atoms with Crippen molar-refractivity contribution in [2.45, 2.75) is 19.6 Å². The van der Waals surface area contributed by atoms with Gasteiger partial charge in [-0.05, 0) is 59.5 Å². The van der Waals surface area contributed by atoms with E-state index in [4.69, 9.17) is 16.0 Å². The lowest BCUT2D eigenvalue weighted by Crippen LogP contribution is -2.41. The van der Waals surface area contributed by atoms with Crippen molar-refractivity contribution >= 4 is 50.7 Å². The first-order valence-electron chi connectivity index (χ1n) is 11.5. The molecule has 0 atom stereocenters. The Labute approximate surface area is 224 Å². The Morgan fingerprint density at radius 2 is 1.79 bits per heavy atom. The van der Waals surface area contributed by atoms with Crippen LogP contribution in [0.15, 0.2) is 92.4 Å². The third-order valence-corrected chi connectivity index (χ3v) is 6.93. The number of hydrogen-bond acceptors (Lipinski definition) is 6. The minimum atomic E-state index is -0.609. The van der Waals surface area contributed by atoms with Gasteiger partial charge in [-0.3, -0.25) is 23.5 Å². The molecule has 0 saturated carbocycles. The van der Waals surface area contributed by atoms with Gasteiger partial charge in [0.05, 0.1) is 24.9 Å². The van der Waals surface area contributed by atoms with E-state index in [0.717, 1.165) is 4.57 Å². The number of halogens is 1. The number of thiophene rings is 1. The van der Waals surface area contributed by atoms with Crippen molar-refractivity contribution < 1.29 is 14.0 Å². The van der Waals surface area contributed by atoms with Gasteiger partial charge in [0.2, 0.25) is 5.91 Å². The Bertz CT molecular complexity index is 1740. The Morgan fingerprint density at radius 1 is 0.974 bits per heavy atom. The summed E-state index contributed by atoms with van der Waals surface area (Å²) in [5, 5.41) is 7.66. The molecule has 3 aromatic heterocycles. The van der Waals surface area contributed by atoms with Crippen LogP contribution in [-0.4, -0.2) is 20.9 Å². The number of benzene rings is 2. The summed E-state index contributed by atoms with van der Waals surface area (Å²) in [7, 11) is 0. The van der Waals surface area contributed by atoms with E-state index in [1.54, 1.807) is 72.1 Å². The highest BCUT2D eigenvalue weighted by molar-refractivity contribution is 7.17. The molecule has 0 aliphatic carbocycles. The molecule has 5 aromatic rings. The number of hydrogen-bond donors (Lipinski definition) is 2. The molecule has 2 amide bonds. The maximum Gasteiger partial charge on any atom is 0.332 e. The summed E-state index contributed by atoms with van der Waals surface area (Å²) >= 11 is 7.19. The monoisotopic (exact) mass is 548 g/mol. The van der Waals surface area contributed by atoms with E-state index in [0.29, 0.717) is 37.8 Å². The average Bonchev–Trinajstić information content (AvgIpc) is 3.61. The Kier molecular flexibility index (Phi) is 7.25. The molecule has 192 valence electrons. The van der Waals surface area contributed by atoms with Gasteiger partial charge in [0, 0.05) is 16.3 Å². The fourth-order valence-electron chi connectivity index (χ4n) is 3.96. The van der Waals surface area contributed by atoms with Crippen LogP contribution < -0.4 is 21.9 Å². The standard InChI is InChI=1S/C27H21ClN4O5S/c28-19-3-1-4-20(13-19)30-23(33)16-31-22-10-12-38-24(22)26(35)32(27(31)36)15-17-6-8-18(9-7-17)25(34)29-14-21-5-2-11-37-21/h1-13H,14-16H2,(H,29,34)(H,30,33). The number of carbonyl (C=O) groups is 2. The van der Waals surface area contributed by atoms with E-state index in [2.05, 4.69) is 10.6 Å². The summed E-state index contributed by atoms with van der Waals surface area (Å²) in [6.45, 7) is -0.0441. The van der Waals surface area contributed by atoms with Crippen molar-refractivity contribution in [2.24, 2.45) is 0 Å². The van der Waals surface area contributed by atoms with Gasteiger partial charge in [-0.25, -0.2) is 4.79 Å². The van der Waals surface area contributed by atoms with Gasteiger partial charge in [-0.2, -0.15) is 0 Å². The fourth-order valence-corrected chi connectivity index (χ4v) is 5.00. The van der Waals surface area contributed by atoms with Gasteiger partial charge in [-0.15, -0.1) is 11.3 Å². The zero-order valence-electron chi connectivity index (χ0n) is 19.8. The van der Waals surface area contributed by atoms with Gasteiger partial charge in [0.1, 0.15) is 17.0 Å². The van der Waals surface area contributed by atoms with Crippen molar-refractivity contribution in [3.63, 3.8) is 0 Å². The minimum absolute atomic E-state index is 0.0181. The number of anilines is 1. The van der Waals surface area contributed by atoms with Gasteiger partial charge in [0.25, 0.3) is 11.5 Å². The molecule has 3 heterocycles. The maximum atomic E-state index is 13.4. The maximum absolute atomic E-state index is 13.4. The lowest BCUT2D eigenvalue weighted by molar-refractivity contribution is -0.116. The molecule has 0 aliphatic heterocycles. The predicted octanol–water partition coefficient (Wildman–Crippen LogP) is 4.09. The molecule has 2 aromatic carbocycles. The van der Waals surface area contributed by atoms with Crippen LogP contribution in [0.3, 0.4) is 0 Å². The Balaban J connectivity index is 1.36. The number of amides is 2. The number of rotatable bonds is 8. The molecule has 0 bridgehead atoms. The number of carbonyl (C=O) groups excluding carboxylic acids is 2. The molecule has 0 spiro atoms. The van der Waals surface area contributed by atoms with Crippen molar-refractivity contribution in [1.29, 1.82) is 0 Å². The van der Waals surface area contributed by atoms with E-state index in [-0.39, 0.29) is 25.5 Å². The summed E-state index contributed by atoms with van der Waals surface area (Å²) in [6.07, 6.45) is 1.53. The molecule has 0 aliphatic rings. The highest BCUT2D eigenvalue weighted by atomic mass is 35.5. The first kappa shape index (κ1) is 25.2. The van der Waals surface area contributed by atoms with Crippen LogP contribution in [0.25, 0.3) is 10.2 Å². The summed E-state index contributed by atoms with van der Waals surface area (Å²) in [6, 6.07) is 18.4. The van der Waals surface area contributed by atoms with E-state index in [9.17, 15) is 19.2 Å². The van der Waals surface area contributed by atoms with Crippen LogP contribution in [-0.2, 0) is 24.4 Å². The van der Waals surface area contributed by atoms with Crippen LogP contribution in [0.1, 0.15) is 21.7 Å². The topological polar surface area (TPSA) is 115 Å². The van der Waals surface area contributed by atoms with E-state index in [1.807, 2.05) is 0 Å². The normalized spacial score (nSPS) is 11.0. The van der Waals surface area contributed by atoms with Gasteiger partial charge >= 0.3 is 5.69 Å². The van der Waals surface area contributed by atoms with Crippen LogP contribution in [0, 0.1) is 0 Å². The lowest BCUT2D eigenvalue weighted by atomic mass is 10.1. The molecular formula is C27H21ClN4O5S. The first-order valence-corrected chi connectivity index (χ1v) is 12.8. The molecule has 38 heavy (non-hydrogen) atoms. The Morgan fingerprint density at radius 3 is 2.53 bits per heavy atom. The third-order valence-electron chi connectivity index (χ3n) is 5.81. The summed E-state index contributed by atoms with van der Waals surface area (Å²) in [4.78, 5) is 51.7. The van der Waals surface area contributed by atoms with Crippen LogP contribution >= 0.6 is 22.9 Å². The number of nitrogens with zero attached hydrogens (tertiary/aromatic N) is 2. The first-order chi connectivity index (χ1) is 18.4. The molecular weight excluding hydrogens is 528 g/mol. The molecule has 0 saturated heterocycles. The third kappa shape index (κ3) is 5.46. The second-order valence-corrected chi connectivity index (χ2v) is 9.77. The predicted molar refractivity (Wildman–Crippen MR) is 146 cm³/mol. The van der Waals surface area contributed by atoms with Crippen molar-refractivity contribution in [3.05, 3.63) is 121 Å². The molecule has 0 unspecified atom stereocenters. The lowest BCUT2D eigenvalue weighted by Gasteiger charge is -2.13. The molecule has 0 radical (unpaired) electrons. The largest absolute Gasteiger partial charge is 0.467 e. The minimum Gasteiger partial charge on any atom is -0.467 e. The summed E-state index contributed by atoms with van der Waals surface area (Å²) in [5.74, 6) is -0.0778. The van der Waals surface area contributed by atoms with Crippen LogP contribution in [0.2, 0.25) is 5.02 Å². The smallest absolute Gasteiger partial charge is 0.332 e. The zero-order valence-corrected chi connectivity index (χ0v) is 21.4. The van der Waals surface area contributed by atoms with E-state index >= 15 is 0 Å². The van der Waals surface area contributed by atoms with Gasteiger partial charge in [-0.1, -0.05) is 29.8 Å². The molecule has 5 rings (SSSR count). The number of aromatic nitrogens is 2. The van der Waals surface area contributed by atoms with Gasteiger partial charge < -0.3 is 15.1 Å². The Hall–Kier alpha value is -4.41. The van der Waals surface area contributed by atoms with Crippen molar-refractivity contribution in [1.82, 2.24) is 14.5 Å². The van der Waals surface area contributed by atoms with Crippen LogP contribution in [0.4, 0.5) is 5.69 Å². The van der Waals surface area contributed by atoms with E-state index in [1.165, 1.54) is 22.2 Å². The zero-order chi connectivity index (χ0) is 26.6. The summed E-state index contributed by atoms with van der Waals surface area (Å²) < 4.78 is 7.96. The number of fused-ring (bicyclic) bond motifs is 1.